The molecule has 164 valence electrons. The fraction of sp³-hybridized carbons (Fsp3) is 0.348. The normalized spacial score (nSPS) is 15.1. The summed E-state index contributed by atoms with van der Waals surface area (Å²) in [5, 5.41) is 4.00. The number of carbonyl (C=O) groups excluding carboxylic acids is 1. The number of amides is 1. The maximum Gasteiger partial charge on any atom is 0.254 e. The van der Waals surface area contributed by atoms with E-state index >= 15 is 0 Å². The van der Waals surface area contributed by atoms with Gasteiger partial charge >= 0.3 is 0 Å². The van der Waals surface area contributed by atoms with Crippen LogP contribution < -0.4 is 0 Å². The first-order chi connectivity index (χ1) is 14.9. The predicted octanol–water partition coefficient (Wildman–Crippen LogP) is 5.14. The van der Waals surface area contributed by atoms with E-state index in [4.69, 9.17) is 0 Å². The molecule has 1 aromatic carbocycles. The molecule has 0 N–H and O–H groups in total. The van der Waals surface area contributed by atoms with Gasteiger partial charge in [-0.05, 0) is 60.4 Å². The van der Waals surface area contributed by atoms with Crippen molar-refractivity contribution in [2.24, 2.45) is 0 Å². The van der Waals surface area contributed by atoms with Crippen LogP contribution in [0.2, 0.25) is 0 Å². The molecule has 1 saturated heterocycles. The van der Waals surface area contributed by atoms with Gasteiger partial charge in [-0.1, -0.05) is 24.6 Å². The molecule has 0 aliphatic carbocycles. The molecule has 1 aliphatic rings. The summed E-state index contributed by atoms with van der Waals surface area (Å²) in [5.74, 6) is -0.156. The van der Waals surface area contributed by atoms with Crippen molar-refractivity contribution in [3.8, 4) is 0 Å². The first kappa shape index (κ1) is 22.2. The van der Waals surface area contributed by atoms with Gasteiger partial charge in [-0.2, -0.15) is 4.31 Å². The van der Waals surface area contributed by atoms with Crippen LogP contribution in [-0.4, -0.2) is 36.6 Å². The van der Waals surface area contributed by atoms with Crippen molar-refractivity contribution >= 4 is 38.6 Å². The number of hydrogen-bond donors (Lipinski definition) is 0. The molecule has 0 saturated carbocycles. The molecule has 5 nitrogen and oxygen atoms in total. The molecular formula is C23H26N2O3S3. The molecule has 4 rings (SSSR count). The quantitative estimate of drug-likeness (QED) is 0.477. The highest BCUT2D eigenvalue weighted by molar-refractivity contribution is 7.89. The largest absolute Gasteiger partial charge is 0.328 e. The highest BCUT2D eigenvalue weighted by atomic mass is 32.2. The summed E-state index contributed by atoms with van der Waals surface area (Å²) in [6.07, 6.45) is 2.82. The monoisotopic (exact) mass is 474 g/mol. The SMILES string of the molecule is Cc1ccc(C(=O)N(Cc2cccs2)Cc2cccs2)cc1S(=O)(=O)N1CCCCC1. The van der Waals surface area contributed by atoms with Crippen molar-refractivity contribution in [1.29, 1.82) is 0 Å². The van der Waals surface area contributed by atoms with Gasteiger partial charge in [-0.3, -0.25) is 4.79 Å². The number of thiophene rings is 2. The van der Waals surface area contributed by atoms with Gasteiger partial charge in [0, 0.05) is 28.4 Å². The first-order valence-electron chi connectivity index (χ1n) is 10.4. The van der Waals surface area contributed by atoms with Crippen molar-refractivity contribution in [1.82, 2.24) is 9.21 Å². The Balaban J connectivity index is 1.64. The highest BCUT2D eigenvalue weighted by Gasteiger charge is 2.29. The molecule has 3 heterocycles. The molecule has 0 radical (unpaired) electrons. The average molecular weight is 475 g/mol. The molecule has 0 bridgehead atoms. The van der Waals surface area contributed by atoms with E-state index in [-0.39, 0.29) is 10.8 Å². The molecule has 1 amide bonds. The van der Waals surface area contributed by atoms with Crippen LogP contribution in [-0.2, 0) is 23.1 Å². The molecule has 31 heavy (non-hydrogen) atoms. The Hall–Kier alpha value is -2.00. The Kier molecular flexibility index (Phi) is 6.91. The lowest BCUT2D eigenvalue weighted by molar-refractivity contribution is 0.0733. The lowest BCUT2D eigenvalue weighted by atomic mass is 10.1. The minimum atomic E-state index is -3.61. The summed E-state index contributed by atoms with van der Waals surface area (Å²) in [6.45, 7) is 3.87. The number of carbonyl (C=O) groups is 1. The lowest BCUT2D eigenvalue weighted by Crippen LogP contribution is -2.36. The Morgan fingerprint density at radius 1 is 0.968 bits per heavy atom. The van der Waals surface area contributed by atoms with Crippen molar-refractivity contribution < 1.29 is 13.2 Å². The Labute approximate surface area is 192 Å². The Morgan fingerprint density at radius 2 is 1.58 bits per heavy atom. The zero-order chi connectivity index (χ0) is 21.8. The number of nitrogens with zero attached hydrogens (tertiary/aromatic N) is 2. The topological polar surface area (TPSA) is 57.7 Å². The van der Waals surface area contributed by atoms with E-state index in [0.717, 1.165) is 29.0 Å². The Morgan fingerprint density at radius 3 is 2.13 bits per heavy atom. The van der Waals surface area contributed by atoms with Crippen LogP contribution in [0.5, 0.6) is 0 Å². The number of benzene rings is 1. The molecular weight excluding hydrogens is 448 g/mol. The molecule has 0 spiro atoms. The first-order valence-corrected chi connectivity index (χ1v) is 13.6. The second-order valence-corrected chi connectivity index (χ2v) is 11.7. The molecule has 2 aromatic heterocycles. The predicted molar refractivity (Wildman–Crippen MR) is 126 cm³/mol. The standard InChI is InChI=1S/C23H26N2O3S3/c1-18-9-10-19(15-22(18)31(27,28)25-11-3-2-4-12-25)23(26)24(16-20-7-5-13-29-20)17-21-8-6-14-30-21/h5-10,13-15H,2-4,11-12,16-17H2,1H3. The van der Waals surface area contributed by atoms with Gasteiger partial charge < -0.3 is 4.90 Å². The fourth-order valence-electron chi connectivity index (χ4n) is 3.82. The molecule has 1 fully saturated rings. The third kappa shape index (κ3) is 5.09. The van der Waals surface area contributed by atoms with Crippen LogP contribution >= 0.6 is 22.7 Å². The van der Waals surface area contributed by atoms with Crippen LogP contribution in [0.15, 0.2) is 58.1 Å². The van der Waals surface area contributed by atoms with E-state index in [1.54, 1.807) is 57.0 Å². The average Bonchev–Trinajstić information content (AvgIpc) is 3.48. The van der Waals surface area contributed by atoms with Gasteiger partial charge in [0.15, 0.2) is 0 Å². The maximum atomic E-state index is 13.5. The van der Waals surface area contributed by atoms with E-state index in [1.807, 2.05) is 35.0 Å². The molecule has 8 heteroatoms. The van der Waals surface area contributed by atoms with Gasteiger partial charge in [0.1, 0.15) is 0 Å². The van der Waals surface area contributed by atoms with Gasteiger partial charge in [-0.25, -0.2) is 8.42 Å². The van der Waals surface area contributed by atoms with Crippen LogP contribution in [0.25, 0.3) is 0 Å². The third-order valence-corrected chi connectivity index (χ3v) is 9.27. The van der Waals surface area contributed by atoms with E-state index in [2.05, 4.69) is 0 Å². The number of piperidine rings is 1. The maximum absolute atomic E-state index is 13.5. The van der Waals surface area contributed by atoms with Gasteiger partial charge in [0.2, 0.25) is 10.0 Å². The summed E-state index contributed by atoms with van der Waals surface area (Å²) in [5.41, 5.74) is 1.08. The highest BCUT2D eigenvalue weighted by Crippen LogP contribution is 2.26. The molecule has 1 aliphatic heterocycles. The zero-order valence-corrected chi connectivity index (χ0v) is 19.9. The Bertz CT molecular complexity index is 1080. The van der Waals surface area contributed by atoms with Crippen LogP contribution in [0.3, 0.4) is 0 Å². The summed E-state index contributed by atoms with van der Waals surface area (Å²) < 4.78 is 28.1. The molecule has 0 atom stereocenters. The van der Waals surface area contributed by atoms with Crippen molar-refractivity contribution in [3.63, 3.8) is 0 Å². The third-order valence-electron chi connectivity index (χ3n) is 5.51. The van der Waals surface area contributed by atoms with Gasteiger partial charge in [0.25, 0.3) is 5.91 Å². The summed E-state index contributed by atoms with van der Waals surface area (Å²) in [4.78, 5) is 17.7. The second-order valence-electron chi connectivity index (χ2n) is 7.76. The summed E-state index contributed by atoms with van der Waals surface area (Å²) in [7, 11) is -3.61. The summed E-state index contributed by atoms with van der Waals surface area (Å²) in [6, 6.07) is 13.0. The zero-order valence-electron chi connectivity index (χ0n) is 17.5. The van der Waals surface area contributed by atoms with Crippen molar-refractivity contribution in [3.05, 3.63) is 74.1 Å². The van der Waals surface area contributed by atoms with Crippen LogP contribution in [0, 0.1) is 6.92 Å². The van der Waals surface area contributed by atoms with E-state index in [1.165, 1.54) is 0 Å². The molecule has 3 aromatic rings. The number of sulfonamides is 1. The van der Waals surface area contributed by atoms with Crippen LogP contribution in [0.1, 0.15) is 44.9 Å². The van der Waals surface area contributed by atoms with Crippen molar-refractivity contribution in [2.45, 2.75) is 44.2 Å². The van der Waals surface area contributed by atoms with E-state index < -0.39 is 10.0 Å². The number of aryl methyl sites for hydroxylation is 1. The van der Waals surface area contributed by atoms with E-state index in [0.29, 0.717) is 37.3 Å². The smallest absolute Gasteiger partial charge is 0.254 e. The van der Waals surface area contributed by atoms with E-state index in [9.17, 15) is 13.2 Å². The number of rotatable bonds is 7. The molecule has 0 unspecified atom stereocenters. The minimum absolute atomic E-state index is 0.156. The fourth-order valence-corrected chi connectivity index (χ4v) is 7.03. The summed E-state index contributed by atoms with van der Waals surface area (Å²) >= 11 is 3.22. The number of hydrogen-bond acceptors (Lipinski definition) is 5. The second kappa shape index (κ2) is 9.65. The van der Waals surface area contributed by atoms with Gasteiger partial charge in [-0.15, -0.1) is 22.7 Å². The van der Waals surface area contributed by atoms with Crippen LogP contribution in [0.4, 0.5) is 0 Å². The van der Waals surface area contributed by atoms with Gasteiger partial charge in [0.05, 0.1) is 18.0 Å². The van der Waals surface area contributed by atoms with Crippen molar-refractivity contribution in [2.75, 3.05) is 13.1 Å². The lowest BCUT2D eigenvalue weighted by Gasteiger charge is -2.27. The minimum Gasteiger partial charge on any atom is -0.328 e.